The van der Waals surface area contributed by atoms with Gasteiger partial charge in [0.2, 0.25) is 11.8 Å². The largest absolute Gasteiger partial charge is 0.463 e. The van der Waals surface area contributed by atoms with Crippen LogP contribution >= 0.6 is 0 Å². The van der Waals surface area contributed by atoms with Gasteiger partial charge in [0, 0.05) is 6.42 Å². The van der Waals surface area contributed by atoms with Crippen LogP contribution in [0.4, 0.5) is 0 Å². The molecule has 3 rings (SSSR count). The third-order valence-corrected chi connectivity index (χ3v) is 6.92. The van der Waals surface area contributed by atoms with E-state index in [-0.39, 0.29) is 55.3 Å². The minimum absolute atomic E-state index is 0.000486. The van der Waals surface area contributed by atoms with Gasteiger partial charge >= 0.3 is 5.97 Å². The number of benzene rings is 2. The molecular formula is C31H40N2O5. The molecule has 1 heterocycles. The Labute approximate surface area is 225 Å². The van der Waals surface area contributed by atoms with Gasteiger partial charge in [-0.15, -0.1) is 0 Å². The Kier molecular flexibility index (Phi) is 11.6. The van der Waals surface area contributed by atoms with E-state index in [4.69, 9.17) is 4.74 Å². The molecule has 4 atom stereocenters. The van der Waals surface area contributed by atoms with E-state index >= 15 is 0 Å². The van der Waals surface area contributed by atoms with Crippen LogP contribution in [-0.2, 0) is 32.0 Å². The molecule has 1 aliphatic rings. The Balaban J connectivity index is 1.69. The first kappa shape index (κ1) is 29.1. The predicted octanol–water partition coefficient (Wildman–Crippen LogP) is 3.61. The van der Waals surface area contributed by atoms with Crippen molar-refractivity contribution in [1.82, 2.24) is 10.6 Å². The standard InChI is InChI=1S/C31H40N2O5/c1-22(2)28-21-38-31(37)26(17-23-11-5-3-6-12-23)16-10-9-15-25(30(36)33-28)19-29(35)32-27(20-34)18-24-13-7-4-8-14-24/h3-14,22,25-28,34H,15-21H2,1-2H3,(H,32,35)(H,33,36)/t25-,26+,27-,28-/m1/s1. The van der Waals surface area contributed by atoms with Gasteiger partial charge in [-0.25, -0.2) is 0 Å². The number of cyclic esters (lactones) is 1. The van der Waals surface area contributed by atoms with Crippen molar-refractivity contribution in [3.05, 3.63) is 83.9 Å². The summed E-state index contributed by atoms with van der Waals surface area (Å²) in [7, 11) is 0. The van der Waals surface area contributed by atoms with Gasteiger partial charge in [-0.3, -0.25) is 14.4 Å². The van der Waals surface area contributed by atoms with E-state index in [1.807, 2.05) is 86.7 Å². The molecular weight excluding hydrogens is 480 g/mol. The predicted molar refractivity (Wildman–Crippen MR) is 147 cm³/mol. The van der Waals surface area contributed by atoms with E-state index in [2.05, 4.69) is 10.6 Å². The highest BCUT2D eigenvalue weighted by Gasteiger charge is 2.28. The van der Waals surface area contributed by atoms with Gasteiger partial charge in [-0.2, -0.15) is 0 Å². The topological polar surface area (TPSA) is 105 Å². The lowest BCUT2D eigenvalue weighted by atomic mass is 9.93. The number of nitrogens with one attached hydrogen (secondary N) is 2. The van der Waals surface area contributed by atoms with E-state index < -0.39 is 12.0 Å². The molecule has 0 fully saturated rings. The highest BCUT2D eigenvalue weighted by atomic mass is 16.5. The van der Waals surface area contributed by atoms with Gasteiger partial charge in [0.05, 0.1) is 30.5 Å². The smallest absolute Gasteiger partial charge is 0.309 e. The first-order valence-corrected chi connectivity index (χ1v) is 13.5. The number of hydrogen-bond donors (Lipinski definition) is 3. The van der Waals surface area contributed by atoms with Crippen LogP contribution in [-0.4, -0.2) is 48.2 Å². The molecule has 0 aromatic heterocycles. The van der Waals surface area contributed by atoms with Crippen molar-refractivity contribution in [2.75, 3.05) is 13.2 Å². The molecule has 0 saturated carbocycles. The number of esters is 1. The van der Waals surface area contributed by atoms with Crippen molar-refractivity contribution in [1.29, 1.82) is 0 Å². The molecule has 7 heteroatoms. The van der Waals surface area contributed by atoms with Crippen LogP contribution < -0.4 is 10.6 Å². The Bertz CT molecular complexity index is 1050. The number of aliphatic hydroxyl groups excluding tert-OH is 1. The number of aliphatic hydroxyl groups is 1. The summed E-state index contributed by atoms with van der Waals surface area (Å²) in [5.74, 6) is -1.67. The molecule has 1 aliphatic heterocycles. The van der Waals surface area contributed by atoms with Crippen molar-refractivity contribution in [3.63, 3.8) is 0 Å². The summed E-state index contributed by atoms with van der Waals surface area (Å²) in [6, 6.07) is 18.7. The first-order chi connectivity index (χ1) is 18.4. The van der Waals surface area contributed by atoms with E-state index in [1.165, 1.54) is 0 Å². The van der Waals surface area contributed by atoms with Crippen molar-refractivity contribution in [2.24, 2.45) is 17.8 Å². The Morgan fingerprint density at radius 2 is 1.58 bits per heavy atom. The molecule has 3 N–H and O–H groups in total. The lowest BCUT2D eigenvalue weighted by Gasteiger charge is -2.26. The Morgan fingerprint density at radius 1 is 0.974 bits per heavy atom. The Hall–Kier alpha value is -3.45. The second kappa shape index (κ2) is 15.1. The maximum Gasteiger partial charge on any atom is 0.309 e. The summed E-state index contributed by atoms with van der Waals surface area (Å²) in [5.41, 5.74) is 2.07. The molecule has 7 nitrogen and oxygen atoms in total. The van der Waals surface area contributed by atoms with Crippen LogP contribution in [0.15, 0.2) is 72.8 Å². The number of carbonyl (C=O) groups is 3. The van der Waals surface area contributed by atoms with Gasteiger partial charge in [0.25, 0.3) is 0 Å². The fraction of sp³-hybridized carbons (Fsp3) is 0.452. The van der Waals surface area contributed by atoms with Crippen molar-refractivity contribution < 1.29 is 24.2 Å². The molecule has 204 valence electrons. The van der Waals surface area contributed by atoms with Crippen LogP contribution in [0, 0.1) is 17.8 Å². The SMILES string of the molecule is CC(C)[C@H]1COC(=O)[C@H](Cc2ccccc2)CC=CC[C@H](CC(=O)N[C@@H](CO)Cc2ccccc2)C(=O)N1. The van der Waals surface area contributed by atoms with Crippen LogP contribution in [0.2, 0.25) is 0 Å². The number of allylic oxidation sites excluding steroid dienone is 2. The highest BCUT2D eigenvalue weighted by Crippen LogP contribution is 2.19. The molecule has 0 radical (unpaired) electrons. The van der Waals surface area contributed by atoms with Crippen LogP contribution in [0.25, 0.3) is 0 Å². The van der Waals surface area contributed by atoms with Gasteiger partial charge < -0.3 is 20.5 Å². The molecule has 0 aliphatic carbocycles. The fourth-order valence-corrected chi connectivity index (χ4v) is 4.53. The van der Waals surface area contributed by atoms with Crippen molar-refractivity contribution in [2.45, 2.75) is 58.0 Å². The van der Waals surface area contributed by atoms with Crippen LogP contribution in [0.3, 0.4) is 0 Å². The normalized spacial score (nSPS) is 21.5. The third kappa shape index (κ3) is 9.45. The molecule has 38 heavy (non-hydrogen) atoms. The van der Waals surface area contributed by atoms with Gasteiger partial charge in [0.15, 0.2) is 0 Å². The number of amides is 2. The summed E-state index contributed by atoms with van der Waals surface area (Å²) in [5, 5.41) is 15.7. The lowest BCUT2D eigenvalue weighted by molar-refractivity contribution is -0.150. The van der Waals surface area contributed by atoms with Gasteiger partial charge in [-0.1, -0.05) is 86.7 Å². The summed E-state index contributed by atoms with van der Waals surface area (Å²) < 4.78 is 5.67. The van der Waals surface area contributed by atoms with E-state index in [9.17, 15) is 19.5 Å². The van der Waals surface area contributed by atoms with E-state index in [0.717, 1.165) is 11.1 Å². The molecule has 2 aromatic rings. The molecule has 0 saturated heterocycles. The third-order valence-electron chi connectivity index (χ3n) is 6.92. The minimum Gasteiger partial charge on any atom is -0.463 e. The fourth-order valence-electron chi connectivity index (χ4n) is 4.53. The molecule has 0 unspecified atom stereocenters. The maximum atomic E-state index is 13.2. The average Bonchev–Trinajstić information content (AvgIpc) is 2.91. The second-order valence-corrected chi connectivity index (χ2v) is 10.4. The van der Waals surface area contributed by atoms with E-state index in [1.54, 1.807) is 0 Å². The lowest BCUT2D eigenvalue weighted by Crippen LogP contribution is -2.47. The highest BCUT2D eigenvalue weighted by molar-refractivity contribution is 5.86. The van der Waals surface area contributed by atoms with Gasteiger partial charge in [0.1, 0.15) is 6.61 Å². The zero-order valence-electron chi connectivity index (χ0n) is 22.3. The molecule has 2 amide bonds. The summed E-state index contributed by atoms with van der Waals surface area (Å²) >= 11 is 0. The second-order valence-electron chi connectivity index (χ2n) is 10.4. The monoisotopic (exact) mass is 520 g/mol. The number of rotatable bonds is 9. The number of ether oxygens (including phenoxy) is 1. The van der Waals surface area contributed by atoms with Crippen LogP contribution in [0.5, 0.6) is 0 Å². The zero-order chi connectivity index (χ0) is 27.3. The zero-order valence-corrected chi connectivity index (χ0v) is 22.3. The average molecular weight is 521 g/mol. The van der Waals surface area contributed by atoms with Crippen molar-refractivity contribution >= 4 is 17.8 Å². The summed E-state index contributed by atoms with van der Waals surface area (Å²) in [6.45, 7) is 3.81. The van der Waals surface area contributed by atoms with E-state index in [0.29, 0.717) is 25.7 Å². The molecule has 0 spiro atoms. The maximum absolute atomic E-state index is 13.2. The number of carbonyl (C=O) groups excluding carboxylic acids is 3. The van der Waals surface area contributed by atoms with Gasteiger partial charge in [-0.05, 0) is 42.7 Å². The van der Waals surface area contributed by atoms with Crippen molar-refractivity contribution in [3.8, 4) is 0 Å². The summed E-state index contributed by atoms with van der Waals surface area (Å²) in [4.78, 5) is 39.0. The quantitative estimate of drug-likeness (QED) is 0.346. The Morgan fingerprint density at radius 3 is 2.18 bits per heavy atom. The minimum atomic E-state index is -0.578. The molecule has 0 bridgehead atoms. The number of hydrogen-bond acceptors (Lipinski definition) is 5. The van der Waals surface area contributed by atoms with Crippen LogP contribution in [0.1, 0.15) is 44.2 Å². The molecule has 2 aromatic carbocycles. The summed E-state index contributed by atoms with van der Waals surface area (Å²) in [6.07, 6.45) is 5.72. The first-order valence-electron chi connectivity index (χ1n) is 13.5.